The van der Waals surface area contributed by atoms with Crippen LogP contribution in [0, 0.1) is 0 Å². The largest absolute Gasteiger partial charge is 0.379 e. The van der Waals surface area contributed by atoms with Crippen LogP contribution in [0.1, 0.15) is 0 Å². The summed E-state index contributed by atoms with van der Waals surface area (Å²) in [4.78, 5) is 0. The normalized spacial score (nSPS) is 11.7. The van der Waals surface area contributed by atoms with Crippen LogP contribution in [0.25, 0.3) is 0 Å². The predicted octanol–water partition coefficient (Wildman–Crippen LogP) is 5.49. The zero-order valence-electron chi connectivity index (χ0n) is 7.33. The third kappa shape index (κ3) is 3.72. The summed E-state index contributed by atoms with van der Waals surface area (Å²) in [6, 6.07) is 3.60. The van der Waals surface area contributed by atoms with Gasteiger partial charge in [0.15, 0.2) is 0 Å². The highest BCUT2D eigenvalue weighted by atomic mass is 79.9. The molecule has 0 aliphatic rings. The number of nitrogens with one attached hydrogen (secondary N) is 1. The average molecular weight is 350 g/mol. The Morgan fingerprint density at radius 1 is 1.33 bits per heavy atom. The highest BCUT2D eigenvalue weighted by Crippen LogP contribution is 2.35. The summed E-state index contributed by atoms with van der Waals surface area (Å²) >= 11 is 26.3. The maximum atomic E-state index is 6.01. The van der Waals surface area contributed by atoms with Gasteiger partial charge in [-0.05, 0) is 28.1 Å². The van der Waals surface area contributed by atoms with Crippen LogP contribution in [0.2, 0.25) is 10.0 Å². The van der Waals surface area contributed by atoms with Gasteiger partial charge in [-0.1, -0.05) is 46.4 Å². The van der Waals surface area contributed by atoms with E-state index in [-0.39, 0.29) is 0 Å². The number of halogens is 5. The molecule has 0 saturated heterocycles. The average Bonchev–Trinajstić information content (AvgIpc) is 2.24. The Labute approximate surface area is 116 Å². The lowest BCUT2D eigenvalue weighted by atomic mass is 10.3. The molecule has 0 radical (unpaired) electrons. The molecule has 0 heterocycles. The van der Waals surface area contributed by atoms with Crippen molar-refractivity contribution in [2.45, 2.75) is 0 Å². The van der Waals surface area contributed by atoms with Crippen molar-refractivity contribution < 1.29 is 0 Å². The Balaban J connectivity index is 2.83. The fraction of sp³-hybridized carbons (Fsp3) is 0.111. The van der Waals surface area contributed by atoms with Gasteiger partial charge in [-0.2, -0.15) is 0 Å². The summed E-state index contributed by atoms with van der Waals surface area (Å²) in [5, 5.41) is 4.42. The minimum absolute atomic E-state index is 0.405. The molecule has 0 aliphatic heterocycles. The minimum atomic E-state index is 0.405. The molecular weight excluding hydrogens is 344 g/mol. The van der Waals surface area contributed by atoms with Gasteiger partial charge < -0.3 is 5.32 Å². The van der Waals surface area contributed by atoms with Crippen LogP contribution in [-0.4, -0.2) is 6.54 Å². The topological polar surface area (TPSA) is 12.0 Å². The van der Waals surface area contributed by atoms with E-state index >= 15 is 0 Å². The number of hydrogen-bond acceptors (Lipinski definition) is 1. The standard InChI is InChI=1S/C9H6BrCl4N/c10-6-1-2-7(9(14)8(6)13)15-4-5(12)3-11/h1-3,15H,4H2/b5-3+. The van der Waals surface area contributed by atoms with Crippen LogP contribution in [0.15, 0.2) is 27.2 Å². The molecule has 82 valence electrons. The van der Waals surface area contributed by atoms with Gasteiger partial charge in [0.2, 0.25) is 0 Å². The number of hydrogen-bond donors (Lipinski definition) is 1. The van der Waals surface area contributed by atoms with Gasteiger partial charge in [0.25, 0.3) is 0 Å². The summed E-state index contributed by atoms with van der Waals surface area (Å²) in [7, 11) is 0. The molecule has 1 nitrogen and oxygen atoms in total. The van der Waals surface area contributed by atoms with Crippen molar-refractivity contribution in [3.05, 3.63) is 37.2 Å². The molecule has 15 heavy (non-hydrogen) atoms. The fourth-order valence-corrected chi connectivity index (χ4v) is 1.87. The van der Waals surface area contributed by atoms with Crippen LogP contribution >= 0.6 is 62.3 Å². The van der Waals surface area contributed by atoms with Gasteiger partial charge in [0.05, 0.1) is 22.3 Å². The second-order valence-electron chi connectivity index (χ2n) is 2.63. The first-order valence-electron chi connectivity index (χ1n) is 3.88. The Kier molecular flexibility index (Phi) is 5.58. The van der Waals surface area contributed by atoms with E-state index in [1.54, 1.807) is 12.1 Å². The van der Waals surface area contributed by atoms with Crippen molar-refractivity contribution in [1.82, 2.24) is 0 Å². The lowest BCUT2D eigenvalue weighted by molar-refractivity contribution is 1.31. The van der Waals surface area contributed by atoms with E-state index in [4.69, 9.17) is 46.4 Å². The molecule has 0 fully saturated rings. The molecule has 1 aromatic carbocycles. The minimum Gasteiger partial charge on any atom is -0.379 e. The van der Waals surface area contributed by atoms with E-state index in [2.05, 4.69) is 21.2 Å². The zero-order valence-corrected chi connectivity index (χ0v) is 11.9. The van der Waals surface area contributed by atoms with Gasteiger partial charge in [-0.15, -0.1) is 0 Å². The lowest BCUT2D eigenvalue weighted by Gasteiger charge is -2.09. The van der Waals surface area contributed by atoms with E-state index < -0.39 is 0 Å². The van der Waals surface area contributed by atoms with Crippen molar-refractivity contribution in [3.8, 4) is 0 Å². The summed E-state index contributed by atoms with van der Waals surface area (Å²) < 4.78 is 0.749. The first kappa shape index (κ1) is 13.5. The summed E-state index contributed by atoms with van der Waals surface area (Å²) in [6.07, 6.45) is 0. The smallest absolute Gasteiger partial charge is 0.0835 e. The molecule has 0 aromatic heterocycles. The Bertz CT molecular complexity index is 392. The van der Waals surface area contributed by atoms with Crippen molar-refractivity contribution in [2.75, 3.05) is 11.9 Å². The quantitative estimate of drug-likeness (QED) is 0.712. The molecule has 6 heteroatoms. The molecule has 0 spiro atoms. The molecule has 1 N–H and O–H groups in total. The molecule has 0 atom stereocenters. The summed E-state index contributed by atoms with van der Waals surface area (Å²) in [6.45, 7) is 0.405. The molecule has 0 amide bonds. The van der Waals surface area contributed by atoms with Crippen LogP contribution in [0.4, 0.5) is 5.69 Å². The number of anilines is 1. The van der Waals surface area contributed by atoms with E-state index in [0.29, 0.717) is 27.3 Å². The van der Waals surface area contributed by atoms with Crippen LogP contribution in [-0.2, 0) is 0 Å². The predicted molar refractivity (Wildman–Crippen MR) is 72.4 cm³/mol. The van der Waals surface area contributed by atoms with Gasteiger partial charge in [-0.25, -0.2) is 0 Å². The third-order valence-corrected chi connectivity index (χ3v) is 3.99. The maximum Gasteiger partial charge on any atom is 0.0835 e. The first-order chi connectivity index (χ1) is 7.06. The van der Waals surface area contributed by atoms with Gasteiger partial charge in [-0.3, -0.25) is 0 Å². The molecule has 1 aromatic rings. The highest BCUT2D eigenvalue weighted by molar-refractivity contribution is 9.10. The van der Waals surface area contributed by atoms with Crippen molar-refractivity contribution in [2.24, 2.45) is 0 Å². The van der Waals surface area contributed by atoms with E-state index in [1.165, 1.54) is 5.54 Å². The fourth-order valence-electron chi connectivity index (χ4n) is 0.881. The Morgan fingerprint density at radius 2 is 2.00 bits per heavy atom. The van der Waals surface area contributed by atoms with Crippen molar-refractivity contribution >= 4 is 68.0 Å². The molecule has 0 unspecified atom stereocenters. The molecule has 0 saturated carbocycles. The molecule has 0 bridgehead atoms. The zero-order chi connectivity index (χ0) is 11.4. The lowest BCUT2D eigenvalue weighted by Crippen LogP contribution is -2.01. The summed E-state index contributed by atoms with van der Waals surface area (Å²) in [5.74, 6) is 0. The van der Waals surface area contributed by atoms with E-state index in [9.17, 15) is 0 Å². The summed E-state index contributed by atoms with van der Waals surface area (Å²) in [5.41, 5.74) is 2.00. The van der Waals surface area contributed by atoms with E-state index in [1.807, 2.05) is 0 Å². The van der Waals surface area contributed by atoms with E-state index in [0.717, 1.165) is 4.47 Å². The first-order valence-corrected chi connectivity index (χ1v) is 6.24. The van der Waals surface area contributed by atoms with Gasteiger partial charge in [0, 0.05) is 15.0 Å². The third-order valence-electron chi connectivity index (χ3n) is 1.60. The van der Waals surface area contributed by atoms with Gasteiger partial charge in [0.1, 0.15) is 0 Å². The SMILES string of the molecule is Cl/C=C(/Cl)CNc1ccc(Br)c(Cl)c1Cl. The van der Waals surface area contributed by atoms with Crippen LogP contribution < -0.4 is 5.32 Å². The second-order valence-corrected chi connectivity index (χ2v) is 4.95. The second kappa shape index (κ2) is 6.21. The monoisotopic (exact) mass is 347 g/mol. The number of benzene rings is 1. The number of rotatable bonds is 3. The van der Waals surface area contributed by atoms with Crippen LogP contribution in [0.5, 0.6) is 0 Å². The highest BCUT2D eigenvalue weighted by Gasteiger charge is 2.07. The maximum absolute atomic E-state index is 6.01. The van der Waals surface area contributed by atoms with Crippen molar-refractivity contribution in [1.29, 1.82) is 0 Å². The Morgan fingerprint density at radius 3 is 2.60 bits per heavy atom. The van der Waals surface area contributed by atoms with Crippen LogP contribution in [0.3, 0.4) is 0 Å². The molecular formula is C9H6BrCl4N. The molecule has 0 aliphatic carbocycles. The Hall–Kier alpha value is 0.400. The van der Waals surface area contributed by atoms with Crippen molar-refractivity contribution in [3.63, 3.8) is 0 Å². The van der Waals surface area contributed by atoms with Gasteiger partial charge >= 0.3 is 0 Å². The molecule has 1 rings (SSSR count).